The van der Waals surface area contributed by atoms with Crippen molar-refractivity contribution in [2.45, 2.75) is 30.9 Å². The Labute approximate surface area is 138 Å². The summed E-state index contributed by atoms with van der Waals surface area (Å²) in [7, 11) is 0. The largest absolute Gasteiger partial charge is 0.371 e. The number of carbonyl (C=O) groups is 1. The molecule has 2 atom stereocenters. The summed E-state index contributed by atoms with van der Waals surface area (Å²) in [6.45, 7) is 2.14. The van der Waals surface area contributed by atoms with E-state index >= 15 is 0 Å². The van der Waals surface area contributed by atoms with E-state index in [-0.39, 0.29) is 17.6 Å². The molecule has 0 unspecified atom stereocenters. The van der Waals surface area contributed by atoms with E-state index in [1.165, 1.54) is 0 Å². The van der Waals surface area contributed by atoms with E-state index in [1.807, 2.05) is 22.4 Å². The molecule has 0 aliphatic carbocycles. The first-order chi connectivity index (χ1) is 11.2. The van der Waals surface area contributed by atoms with Gasteiger partial charge in [0.2, 0.25) is 0 Å². The SMILES string of the molecule is O=C(c1ccc[nH]1)N1CCC[C@]2(C[C@H](Nc3nccs3)CO2)C1. The van der Waals surface area contributed by atoms with Crippen molar-refractivity contribution in [1.29, 1.82) is 0 Å². The molecule has 0 radical (unpaired) electrons. The number of nitrogens with zero attached hydrogens (tertiary/aromatic N) is 2. The van der Waals surface area contributed by atoms with Crippen LogP contribution < -0.4 is 5.32 Å². The first kappa shape index (κ1) is 14.7. The lowest BCUT2D eigenvalue weighted by Gasteiger charge is -2.39. The Morgan fingerprint density at radius 2 is 2.52 bits per heavy atom. The second-order valence-electron chi connectivity index (χ2n) is 6.29. The predicted octanol–water partition coefficient (Wildman–Crippen LogP) is 2.35. The smallest absolute Gasteiger partial charge is 0.270 e. The monoisotopic (exact) mass is 332 g/mol. The van der Waals surface area contributed by atoms with Gasteiger partial charge in [-0.15, -0.1) is 11.3 Å². The molecule has 1 amide bonds. The van der Waals surface area contributed by atoms with Gasteiger partial charge in [0.15, 0.2) is 5.13 Å². The molecule has 6 nitrogen and oxygen atoms in total. The number of nitrogens with one attached hydrogen (secondary N) is 2. The molecular formula is C16H20N4O2S. The highest BCUT2D eigenvalue weighted by atomic mass is 32.1. The number of likely N-dealkylation sites (tertiary alicyclic amines) is 1. The Hall–Kier alpha value is -1.86. The van der Waals surface area contributed by atoms with Crippen LogP contribution >= 0.6 is 11.3 Å². The van der Waals surface area contributed by atoms with Gasteiger partial charge in [0, 0.05) is 30.7 Å². The third kappa shape index (κ3) is 2.98. The van der Waals surface area contributed by atoms with Crippen molar-refractivity contribution >= 4 is 22.4 Å². The summed E-state index contributed by atoms with van der Waals surface area (Å²) in [5.41, 5.74) is 0.438. The summed E-state index contributed by atoms with van der Waals surface area (Å²) in [4.78, 5) is 21.7. The minimum absolute atomic E-state index is 0.0639. The predicted molar refractivity (Wildman–Crippen MR) is 88.8 cm³/mol. The van der Waals surface area contributed by atoms with Crippen LogP contribution in [0.3, 0.4) is 0 Å². The van der Waals surface area contributed by atoms with Gasteiger partial charge < -0.3 is 19.9 Å². The maximum atomic E-state index is 12.6. The maximum Gasteiger partial charge on any atom is 0.270 e. The highest BCUT2D eigenvalue weighted by Crippen LogP contribution is 2.36. The van der Waals surface area contributed by atoms with Crippen LogP contribution in [-0.4, -0.2) is 52.1 Å². The lowest BCUT2D eigenvalue weighted by atomic mass is 9.88. The number of ether oxygens (including phenoxy) is 1. The van der Waals surface area contributed by atoms with Gasteiger partial charge in [-0.2, -0.15) is 0 Å². The van der Waals surface area contributed by atoms with Crippen LogP contribution in [0.1, 0.15) is 29.8 Å². The second kappa shape index (κ2) is 5.98. The van der Waals surface area contributed by atoms with Gasteiger partial charge >= 0.3 is 0 Å². The molecule has 2 aliphatic rings. The van der Waals surface area contributed by atoms with Gasteiger partial charge in [0.05, 0.1) is 24.8 Å². The Balaban J connectivity index is 1.42. The molecule has 2 N–H and O–H groups in total. The topological polar surface area (TPSA) is 70.2 Å². The van der Waals surface area contributed by atoms with Crippen LogP contribution in [0, 0.1) is 0 Å². The summed E-state index contributed by atoms with van der Waals surface area (Å²) in [5, 5.41) is 6.34. The number of carbonyl (C=O) groups excluding carboxylic acids is 1. The molecule has 4 heterocycles. The van der Waals surface area contributed by atoms with Crippen molar-refractivity contribution in [3.8, 4) is 0 Å². The molecule has 23 heavy (non-hydrogen) atoms. The van der Waals surface area contributed by atoms with Gasteiger partial charge in [-0.05, 0) is 25.0 Å². The van der Waals surface area contributed by atoms with E-state index in [9.17, 15) is 4.79 Å². The molecule has 122 valence electrons. The molecule has 2 aromatic rings. The van der Waals surface area contributed by atoms with Gasteiger partial charge in [0.1, 0.15) is 5.69 Å². The summed E-state index contributed by atoms with van der Waals surface area (Å²) < 4.78 is 6.15. The van der Waals surface area contributed by atoms with Gasteiger partial charge in [-0.1, -0.05) is 0 Å². The number of piperidine rings is 1. The zero-order chi connectivity index (χ0) is 15.7. The summed E-state index contributed by atoms with van der Waals surface area (Å²) >= 11 is 1.60. The lowest BCUT2D eigenvalue weighted by molar-refractivity contribution is -0.0448. The number of hydrogen-bond donors (Lipinski definition) is 2. The fraction of sp³-hybridized carbons (Fsp3) is 0.500. The fourth-order valence-corrected chi connectivity index (χ4v) is 4.20. The average Bonchev–Trinajstić information content (AvgIpc) is 3.30. The molecule has 0 saturated carbocycles. The van der Waals surface area contributed by atoms with E-state index in [4.69, 9.17) is 4.74 Å². The third-order valence-corrected chi connectivity index (χ3v) is 5.33. The third-order valence-electron chi connectivity index (χ3n) is 4.62. The van der Waals surface area contributed by atoms with E-state index in [0.29, 0.717) is 18.8 Å². The van der Waals surface area contributed by atoms with E-state index in [2.05, 4.69) is 15.3 Å². The molecule has 4 rings (SSSR count). The number of H-pyrrole nitrogens is 1. The van der Waals surface area contributed by atoms with Gasteiger partial charge in [-0.3, -0.25) is 4.79 Å². The number of thiazole rings is 1. The van der Waals surface area contributed by atoms with Crippen LogP contribution in [-0.2, 0) is 4.74 Å². The minimum Gasteiger partial charge on any atom is -0.371 e. The fourth-order valence-electron chi connectivity index (χ4n) is 3.60. The van der Waals surface area contributed by atoms with Crippen molar-refractivity contribution in [2.24, 2.45) is 0 Å². The van der Waals surface area contributed by atoms with Crippen LogP contribution in [0.4, 0.5) is 5.13 Å². The van der Waals surface area contributed by atoms with Gasteiger partial charge in [0.25, 0.3) is 5.91 Å². The van der Waals surface area contributed by atoms with Crippen molar-refractivity contribution in [1.82, 2.24) is 14.9 Å². The summed E-state index contributed by atoms with van der Waals surface area (Å²) in [6, 6.07) is 3.94. The lowest BCUT2D eigenvalue weighted by Crippen LogP contribution is -2.50. The normalized spacial score (nSPS) is 27.5. The average molecular weight is 332 g/mol. The molecule has 2 fully saturated rings. The zero-order valence-corrected chi connectivity index (χ0v) is 13.6. The van der Waals surface area contributed by atoms with Crippen molar-refractivity contribution in [3.63, 3.8) is 0 Å². The van der Waals surface area contributed by atoms with Crippen LogP contribution in [0.15, 0.2) is 29.9 Å². The zero-order valence-electron chi connectivity index (χ0n) is 12.8. The Bertz CT molecular complexity index is 658. The van der Waals surface area contributed by atoms with Crippen molar-refractivity contribution in [3.05, 3.63) is 35.6 Å². The first-order valence-electron chi connectivity index (χ1n) is 7.97. The number of rotatable bonds is 3. The van der Waals surface area contributed by atoms with Gasteiger partial charge in [-0.25, -0.2) is 4.98 Å². The Morgan fingerprint density at radius 1 is 1.57 bits per heavy atom. The second-order valence-corrected chi connectivity index (χ2v) is 7.19. The number of hydrogen-bond acceptors (Lipinski definition) is 5. The van der Waals surface area contributed by atoms with E-state index in [1.54, 1.807) is 23.7 Å². The number of aromatic nitrogens is 2. The Morgan fingerprint density at radius 3 is 3.30 bits per heavy atom. The molecule has 1 spiro atoms. The number of aromatic amines is 1. The van der Waals surface area contributed by atoms with E-state index < -0.39 is 0 Å². The van der Waals surface area contributed by atoms with Crippen LogP contribution in [0.25, 0.3) is 0 Å². The number of amides is 1. The van der Waals surface area contributed by atoms with E-state index in [0.717, 1.165) is 30.9 Å². The molecular weight excluding hydrogens is 312 g/mol. The van der Waals surface area contributed by atoms with Crippen LogP contribution in [0.2, 0.25) is 0 Å². The standard InChI is InChI=1S/C16H20N4O2S/c21-14(13-3-1-5-17-13)20-7-2-4-16(11-20)9-12(10-22-16)19-15-18-6-8-23-15/h1,3,5-6,8,12,17H,2,4,7,9-11H2,(H,18,19)/t12-,16-/m0/s1. The molecule has 2 saturated heterocycles. The van der Waals surface area contributed by atoms with Crippen LogP contribution in [0.5, 0.6) is 0 Å². The highest BCUT2D eigenvalue weighted by Gasteiger charge is 2.44. The quantitative estimate of drug-likeness (QED) is 0.905. The minimum atomic E-state index is -0.213. The molecule has 2 aliphatic heterocycles. The molecule has 2 aromatic heterocycles. The van der Waals surface area contributed by atoms with Crippen molar-refractivity contribution in [2.75, 3.05) is 25.0 Å². The summed E-state index contributed by atoms with van der Waals surface area (Å²) in [6.07, 6.45) is 6.50. The summed E-state index contributed by atoms with van der Waals surface area (Å²) in [5.74, 6) is 0.0639. The van der Waals surface area contributed by atoms with Crippen molar-refractivity contribution < 1.29 is 9.53 Å². The number of anilines is 1. The molecule has 0 aromatic carbocycles. The highest BCUT2D eigenvalue weighted by molar-refractivity contribution is 7.13. The Kier molecular flexibility index (Phi) is 3.82. The first-order valence-corrected chi connectivity index (χ1v) is 8.85. The maximum absolute atomic E-state index is 12.6. The molecule has 0 bridgehead atoms. The molecule has 7 heteroatoms.